The summed E-state index contributed by atoms with van der Waals surface area (Å²) in [5.74, 6) is -0.717. The molecule has 2 amide bonds. The first-order valence-electron chi connectivity index (χ1n) is 10.6. The zero-order valence-corrected chi connectivity index (χ0v) is 19.2. The molecule has 2 aromatic heterocycles. The Hall–Kier alpha value is -3.82. The van der Waals surface area contributed by atoms with Crippen molar-refractivity contribution >= 4 is 40.1 Å². The Labute approximate surface area is 201 Å². The molecule has 1 N–H and O–H groups in total. The van der Waals surface area contributed by atoms with E-state index >= 15 is 0 Å². The summed E-state index contributed by atoms with van der Waals surface area (Å²) in [6, 6.07) is 16.7. The minimum Gasteiger partial charge on any atom is -0.383 e. The largest absolute Gasteiger partial charge is 0.383 e. The highest BCUT2D eigenvalue weighted by molar-refractivity contribution is 6.30. The van der Waals surface area contributed by atoms with Crippen LogP contribution < -0.4 is 10.2 Å². The highest BCUT2D eigenvalue weighted by atomic mass is 35.5. The molecule has 0 fully saturated rings. The van der Waals surface area contributed by atoms with Gasteiger partial charge < -0.3 is 10.1 Å². The molecular formula is C24H23ClN6O3. The Morgan fingerprint density at radius 2 is 1.91 bits per heavy atom. The number of methoxy groups -OCH3 is 1. The molecule has 1 atom stereocenters. The predicted octanol–water partition coefficient (Wildman–Crippen LogP) is 3.02. The van der Waals surface area contributed by atoms with Gasteiger partial charge in [-0.2, -0.15) is 0 Å². The minimum absolute atomic E-state index is 0.120. The number of nitrogens with zero attached hydrogens (tertiary/aromatic N) is 5. The standard InChI is InChI=1S/C24H23ClN6O3/c1-34-14-13-27-24(33)23(17-8-10-18(25)11-9-17)31(19-5-4-12-26-15-19)22(32)16-30-21-7-3-2-6-20(21)28-29-30/h2-12,15,23H,13-14,16H2,1H3,(H,27,33)/t23-/m0/s1. The maximum atomic E-state index is 13.7. The zero-order valence-electron chi connectivity index (χ0n) is 18.5. The number of para-hydroxylation sites is 1. The van der Waals surface area contributed by atoms with E-state index < -0.39 is 6.04 Å². The first kappa shape index (κ1) is 23.3. The summed E-state index contributed by atoms with van der Waals surface area (Å²) < 4.78 is 6.57. The van der Waals surface area contributed by atoms with Crippen LogP contribution in [0, 0.1) is 0 Å². The molecule has 4 aromatic rings. The molecule has 4 rings (SSSR count). The summed E-state index contributed by atoms with van der Waals surface area (Å²) in [5, 5.41) is 11.6. The number of anilines is 1. The zero-order chi connectivity index (χ0) is 23.9. The quantitative estimate of drug-likeness (QED) is 0.371. The monoisotopic (exact) mass is 478 g/mol. The van der Waals surface area contributed by atoms with Crippen LogP contribution in [0.15, 0.2) is 73.1 Å². The molecular weight excluding hydrogens is 456 g/mol. The highest BCUT2D eigenvalue weighted by Gasteiger charge is 2.33. The van der Waals surface area contributed by atoms with Crippen LogP contribution in [0.4, 0.5) is 5.69 Å². The number of aromatic nitrogens is 4. The van der Waals surface area contributed by atoms with Crippen molar-refractivity contribution in [2.24, 2.45) is 0 Å². The van der Waals surface area contributed by atoms with Gasteiger partial charge in [-0.1, -0.05) is 41.1 Å². The maximum absolute atomic E-state index is 13.7. The fraction of sp³-hybridized carbons (Fsp3) is 0.208. The van der Waals surface area contributed by atoms with Crippen molar-refractivity contribution in [3.05, 3.63) is 83.6 Å². The van der Waals surface area contributed by atoms with Gasteiger partial charge in [-0.15, -0.1) is 5.10 Å². The lowest BCUT2D eigenvalue weighted by Gasteiger charge is -2.31. The molecule has 0 aliphatic heterocycles. The van der Waals surface area contributed by atoms with Gasteiger partial charge in [-0.25, -0.2) is 4.68 Å². The van der Waals surface area contributed by atoms with Crippen LogP contribution >= 0.6 is 11.6 Å². The summed E-state index contributed by atoms with van der Waals surface area (Å²) >= 11 is 6.08. The molecule has 0 unspecified atom stereocenters. The Bertz CT molecular complexity index is 1260. The fourth-order valence-electron chi connectivity index (χ4n) is 3.61. The van der Waals surface area contributed by atoms with E-state index in [0.29, 0.717) is 34.9 Å². The fourth-order valence-corrected chi connectivity index (χ4v) is 3.73. The Morgan fingerprint density at radius 3 is 2.65 bits per heavy atom. The number of benzene rings is 2. The normalized spacial score (nSPS) is 11.8. The molecule has 174 valence electrons. The lowest BCUT2D eigenvalue weighted by Crippen LogP contribution is -2.46. The highest BCUT2D eigenvalue weighted by Crippen LogP contribution is 2.29. The van der Waals surface area contributed by atoms with E-state index in [1.54, 1.807) is 55.9 Å². The lowest BCUT2D eigenvalue weighted by atomic mass is 10.0. The third kappa shape index (κ3) is 5.22. The molecule has 0 saturated carbocycles. The van der Waals surface area contributed by atoms with E-state index in [1.807, 2.05) is 24.3 Å². The van der Waals surface area contributed by atoms with E-state index in [4.69, 9.17) is 16.3 Å². The first-order valence-corrected chi connectivity index (χ1v) is 11.0. The van der Waals surface area contributed by atoms with Crippen molar-refractivity contribution in [2.45, 2.75) is 12.6 Å². The van der Waals surface area contributed by atoms with Crippen molar-refractivity contribution in [1.29, 1.82) is 0 Å². The second-order valence-corrected chi connectivity index (χ2v) is 7.89. The number of pyridine rings is 1. The lowest BCUT2D eigenvalue weighted by molar-refractivity contribution is -0.127. The van der Waals surface area contributed by atoms with E-state index in [9.17, 15) is 9.59 Å². The van der Waals surface area contributed by atoms with Gasteiger partial charge >= 0.3 is 0 Å². The molecule has 0 aliphatic rings. The summed E-state index contributed by atoms with van der Waals surface area (Å²) in [6.45, 7) is 0.512. The van der Waals surface area contributed by atoms with Crippen LogP contribution in [0.1, 0.15) is 11.6 Å². The topological polar surface area (TPSA) is 102 Å². The van der Waals surface area contributed by atoms with Crippen LogP contribution in [0.25, 0.3) is 11.0 Å². The number of nitrogens with one attached hydrogen (secondary N) is 1. The van der Waals surface area contributed by atoms with E-state index in [-0.39, 0.29) is 18.4 Å². The molecule has 0 saturated heterocycles. The third-order valence-electron chi connectivity index (χ3n) is 5.20. The number of halogens is 1. The SMILES string of the molecule is COCCNC(=O)[C@H](c1ccc(Cl)cc1)N(C(=O)Cn1nnc2ccccc21)c1cccnc1. The van der Waals surface area contributed by atoms with Gasteiger partial charge in [-0.05, 0) is 42.0 Å². The summed E-state index contributed by atoms with van der Waals surface area (Å²) in [7, 11) is 1.55. The summed E-state index contributed by atoms with van der Waals surface area (Å²) in [4.78, 5) is 32.7. The molecule has 0 bridgehead atoms. The molecule has 2 heterocycles. The number of carbonyl (C=O) groups is 2. The number of ether oxygens (including phenoxy) is 1. The number of fused-ring (bicyclic) bond motifs is 1. The second-order valence-electron chi connectivity index (χ2n) is 7.45. The van der Waals surface area contributed by atoms with Gasteiger partial charge in [0.05, 0.1) is 24.0 Å². The van der Waals surface area contributed by atoms with Gasteiger partial charge in [0.15, 0.2) is 0 Å². The van der Waals surface area contributed by atoms with E-state index in [2.05, 4.69) is 20.6 Å². The number of hydrogen-bond acceptors (Lipinski definition) is 6. The smallest absolute Gasteiger partial charge is 0.249 e. The maximum Gasteiger partial charge on any atom is 0.249 e. The Morgan fingerprint density at radius 1 is 1.12 bits per heavy atom. The average Bonchev–Trinajstić information content (AvgIpc) is 3.26. The van der Waals surface area contributed by atoms with Crippen LogP contribution in [-0.4, -0.2) is 52.1 Å². The number of carbonyl (C=O) groups excluding carboxylic acids is 2. The molecule has 0 radical (unpaired) electrons. The van der Waals surface area contributed by atoms with Gasteiger partial charge in [0.2, 0.25) is 11.8 Å². The Kier molecular flexibility index (Phi) is 7.46. The van der Waals surface area contributed by atoms with Crippen LogP contribution in [0.5, 0.6) is 0 Å². The van der Waals surface area contributed by atoms with Gasteiger partial charge in [0.25, 0.3) is 0 Å². The van der Waals surface area contributed by atoms with Crippen molar-refractivity contribution in [1.82, 2.24) is 25.3 Å². The number of rotatable bonds is 9. The van der Waals surface area contributed by atoms with Gasteiger partial charge in [0, 0.05) is 24.9 Å². The predicted molar refractivity (Wildman–Crippen MR) is 128 cm³/mol. The minimum atomic E-state index is -0.972. The molecule has 0 aliphatic carbocycles. The van der Waals surface area contributed by atoms with Crippen molar-refractivity contribution < 1.29 is 14.3 Å². The third-order valence-corrected chi connectivity index (χ3v) is 5.45. The first-order chi connectivity index (χ1) is 16.6. The van der Waals surface area contributed by atoms with Gasteiger partial charge in [0.1, 0.15) is 18.1 Å². The van der Waals surface area contributed by atoms with Crippen molar-refractivity contribution in [3.8, 4) is 0 Å². The summed E-state index contributed by atoms with van der Waals surface area (Å²) in [6.07, 6.45) is 3.15. The van der Waals surface area contributed by atoms with Crippen LogP contribution in [0.3, 0.4) is 0 Å². The number of hydrogen-bond donors (Lipinski definition) is 1. The van der Waals surface area contributed by atoms with Crippen molar-refractivity contribution in [3.63, 3.8) is 0 Å². The second kappa shape index (κ2) is 10.9. The molecule has 0 spiro atoms. The Balaban J connectivity index is 1.75. The van der Waals surface area contributed by atoms with Gasteiger partial charge in [-0.3, -0.25) is 19.5 Å². The molecule has 34 heavy (non-hydrogen) atoms. The molecule has 10 heteroatoms. The molecule has 9 nitrogen and oxygen atoms in total. The van der Waals surface area contributed by atoms with E-state index in [0.717, 1.165) is 5.52 Å². The number of amides is 2. The average molecular weight is 479 g/mol. The van der Waals surface area contributed by atoms with Crippen LogP contribution in [0.2, 0.25) is 5.02 Å². The molecule has 2 aromatic carbocycles. The summed E-state index contributed by atoms with van der Waals surface area (Å²) in [5.41, 5.74) is 2.46. The van der Waals surface area contributed by atoms with E-state index in [1.165, 1.54) is 9.58 Å². The van der Waals surface area contributed by atoms with Crippen molar-refractivity contribution in [2.75, 3.05) is 25.2 Å². The van der Waals surface area contributed by atoms with Crippen LogP contribution in [-0.2, 0) is 20.9 Å².